The fraction of sp³-hybridized carbons (Fsp3) is 0.778. The van der Waals surface area contributed by atoms with Gasteiger partial charge in [-0.2, -0.15) is 0 Å². The van der Waals surface area contributed by atoms with Crippen molar-refractivity contribution in [2.24, 2.45) is 0 Å². The van der Waals surface area contributed by atoms with Gasteiger partial charge >= 0.3 is 0 Å². The average molecular weight is 142 g/mol. The van der Waals surface area contributed by atoms with Gasteiger partial charge in [0.25, 0.3) is 0 Å². The van der Waals surface area contributed by atoms with Gasteiger partial charge in [-0.05, 0) is 12.8 Å². The molecule has 0 aromatic carbocycles. The van der Waals surface area contributed by atoms with E-state index in [0.717, 1.165) is 13.0 Å². The van der Waals surface area contributed by atoms with Crippen molar-refractivity contribution in [1.82, 2.24) is 0 Å². The van der Waals surface area contributed by atoms with Gasteiger partial charge in [-0.3, -0.25) is 0 Å². The van der Waals surface area contributed by atoms with Gasteiger partial charge in [0, 0.05) is 13.7 Å². The monoisotopic (exact) mass is 142 g/mol. The summed E-state index contributed by atoms with van der Waals surface area (Å²) in [6.07, 6.45) is 9.31. The number of unbranched alkanes of at least 4 members (excludes halogenated alkanes) is 2. The predicted molar refractivity (Wildman–Crippen MR) is 45.2 cm³/mol. The Morgan fingerprint density at radius 3 is 2.50 bits per heavy atom. The fourth-order valence-corrected chi connectivity index (χ4v) is 0.744. The van der Waals surface area contributed by atoms with Gasteiger partial charge in [-0.25, -0.2) is 0 Å². The van der Waals surface area contributed by atoms with E-state index in [1.54, 1.807) is 7.11 Å². The number of hydrogen-bond acceptors (Lipinski definition) is 1. The number of hydrogen-bond donors (Lipinski definition) is 0. The lowest BCUT2D eigenvalue weighted by molar-refractivity contribution is 0.204. The third-order valence-electron chi connectivity index (χ3n) is 1.38. The van der Waals surface area contributed by atoms with Gasteiger partial charge in [0.1, 0.15) is 0 Å². The Balaban J connectivity index is 2.89. The maximum atomic E-state index is 4.90. The van der Waals surface area contributed by atoms with Crippen LogP contribution in [0.3, 0.4) is 0 Å². The Kier molecular flexibility index (Phi) is 8.44. The van der Waals surface area contributed by atoms with Crippen molar-refractivity contribution >= 4 is 0 Å². The molecule has 0 radical (unpaired) electrons. The maximum absolute atomic E-state index is 4.90. The van der Waals surface area contributed by atoms with Crippen molar-refractivity contribution in [2.75, 3.05) is 13.7 Å². The molecule has 60 valence electrons. The molecule has 0 aromatic rings. The molecule has 1 heteroatoms. The first-order chi connectivity index (χ1) is 4.91. The number of allylic oxidation sites excluding steroid dienone is 1. The van der Waals surface area contributed by atoms with Gasteiger partial charge in [-0.1, -0.05) is 31.9 Å². The van der Waals surface area contributed by atoms with Crippen LogP contribution in [-0.2, 0) is 4.74 Å². The molecule has 0 heterocycles. The molecule has 0 rings (SSSR count). The quantitative estimate of drug-likeness (QED) is 0.409. The molecule has 0 N–H and O–H groups in total. The summed E-state index contributed by atoms with van der Waals surface area (Å²) in [5.74, 6) is 0. The second kappa shape index (κ2) is 8.70. The van der Waals surface area contributed by atoms with Crippen LogP contribution in [-0.4, -0.2) is 13.7 Å². The van der Waals surface area contributed by atoms with Crippen molar-refractivity contribution < 1.29 is 4.74 Å². The zero-order chi connectivity index (χ0) is 7.66. The summed E-state index contributed by atoms with van der Waals surface area (Å²) in [4.78, 5) is 0. The van der Waals surface area contributed by atoms with Crippen LogP contribution in [0.1, 0.15) is 32.6 Å². The minimum atomic E-state index is 0.850. The minimum absolute atomic E-state index is 0.850. The van der Waals surface area contributed by atoms with E-state index in [9.17, 15) is 0 Å². The van der Waals surface area contributed by atoms with Crippen LogP contribution in [0, 0.1) is 0 Å². The van der Waals surface area contributed by atoms with Gasteiger partial charge in [0.15, 0.2) is 0 Å². The fourth-order valence-electron chi connectivity index (χ4n) is 0.744. The topological polar surface area (TPSA) is 9.23 Å². The molecule has 0 unspecified atom stereocenters. The lowest BCUT2D eigenvalue weighted by atomic mass is 10.2. The average Bonchev–Trinajstić information content (AvgIpc) is 1.97. The van der Waals surface area contributed by atoms with Crippen LogP contribution < -0.4 is 0 Å². The number of rotatable bonds is 6. The SMILES string of the molecule is CCCCC=CCCOC. The van der Waals surface area contributed by atoms with Gasteiger partial charge in [0.05, 0.1) is 0 Å². The summed E-state index contributed by atoms with van der Waals surface area (Å²) < 4.78 is 4.90. The van der Waals surface area contributed by atoms with E-state index in [4.69, 9.17) is 4.74 Å². The largest absolute Gasteiger partial charge is 0.384 e. The van der Waals surface area contributed by atoms with Crippen molar-refractivity contribution in [3.63, 3.8) is 0 Å². The highest BCUT2D eigenvalue weighted by Crippen LogP contribution is 1.95. The number of methoxy groups -OCH3 is 1. The summed E-state index contributed by atoms with van der Waals surface area (Å²) >= 11 is 0. The lowest BCUT2D eigenvalue weighted by Crippen LogP contribution is -1.83. The Bertz CT molecular complexity index is 66.8. The third-order valence-corrected chi connectivity index (χ3v) is 1.38. The molecule has 0 fully saturated rings. The smallest absolute Gasteiger partial charge is 0.0496 e. The second-order valence-corrected chi connectivity index (χ2v) is 2.40. The summed E-state index contributed by atoms with van der Waals surface area (Å²) in [5.41, 5.74) is 0. The molecule has 10 heavy (non-hydrogen) atoms. The minimum Gasteiger partial charge on any atom is -0.384 e. The molecule has 0 aliphatic rings. The zero-order valence-corrected chi connectivity index (χ0v) is 7.10. The molecule has 0 amide bonds. The summed E-state index contributed by atoms with van der Waals surface area (Å²) in [6.45, 7) is 3.06. The van der Waals surface area contributed by atoms with Crippen LogP contribution >= 0.6 is 0 Å². The van der Waals surface area contributed by atoms with Gasteiger partial charge < -0.3 is 4.74 Å². The second-order valence-electron chi connectivity index (χ2n) is 2.40. The highest BCUT2D eigenvalue weighted by Gasteiger charge is 1.78. The predicted octanol–water partition coefficient (Wildman–Crippen LogP) is 2.77. The molecule has 1 nitrogen and oxygen atoms in total. The Morgan fingerprint density at radius 1 is 1.20 bits per heavy atom. The first-order valence-electron chi connectivity index (χ1n) is 4.05. The molecule has 0 aromatic heterocycles. The Morgan fingerprint density at radius 2 is 1.90 bits per heavy atom. The van der Waals surface area contributed by atoms with Crippen molar-refractivity contribution in [2.45, 2.75) is 32.6 Å². The highest BCUT2D eigenvalue weighted by molar-refractivity contribution is 4.80. The van der Waals surface area contributed by atoms with Crippen molar-refractivity contribution in [3.05, 3.63) is 12.2 Å². The molecule has 0 atom stereocenters. The van der Waals surface area contributed by atoms with E-state index in [1.165, 1.54) is 19.3 Å². The van der Waals surface area contributed by atoms with Crippen molar-refractivity contribution in [3.8, 4) is 0 Å². The molecular formula is C9H18O. The van der Waals surface area contributed by atoms with Crippen LogP contribution in [0.5, 0.6) is 0 Å². The standard InChI is InChI=1S/C9H18O/c1-3-4-5-6-7-8-9-10-2/h6-7H,3-5,8-9H2,1-2H3. The number of ether oxygens (including phenoxy) is 1. The normalized spacial score (nSPS) is 11.0. The first-order valence-corrected chi connectivity index (χ1v) is 4.05. The van der Waals surface area contributed by atoms with Crippen LogP contribution in [0.25, 0.3) is 0 Å². The molecule has 0 spiro atoms. The molecule has 0 aliphatic carbocycles. The molecule has 0 saturated carbocycles. The van der Waals surface area contributed by atoms with Crippen LogP contribution in [0.15, 0.2) is 12.2 Å². The third kappa shape index (κ3) is 7.70. The van der Waals surface area contributed by atoms with E-state index >= 15 is 0 Å². The lowest BCUT2D eigenvalue weighted by Gasteiger charge is -1.91. The zero-order valence-electron chi connectivity index (χ0n) is 7.10. The van der Waals surface area contributed by atoms with Crippen LogP contribution in [0.4, 0.5) is 0 Å². The molecule has 0 aliphatic heterocycles. The van der Waals surface area contributed by atoms with E-state index in [2.05, 4.69) is 19.1 Å². The molecular weight excluding hydrogens is 124 g/mol. The summed E-state index contributed by atoms with van der Waals surface area (Å²) in [7, 11) is 1.74. The highest BCUT2D eigenvalue weighted by atomic mass is 16.5. The molecule has 0 saturated heterocycles. The Hall–Kier alpha value is -0.300. The van der Waals surface area contributed by atoms with E-state index in [0.29, 0.717) is 0 Å². The Labute approximate surface area is 64.1 Å². The van der Waals surface area contributed by atoms with Crippen molar-refractivity contribution in [1.29, 1.82) is 0 Å². The summed E-state index contributed by atoms with van der Waals surface area (Å²) in [6, 6.07) is 0. The first kappa shape index (κ1) is 9.70. The maximum Gasteiger partial charge on any atom is 0.0496 e. The van der Waals surface area contributed by atoms with Gasteiger partial charge in [0.2, 0.25) is 0 Å². The summed E-state index contributed by atoms with van der Waals surface area (Å²) in [5, 5.41) is 0. The van der Waals surface area contributed by atoms with E-state index < -0.39 is 0 Å². The molecule has 0 bridgehead atoms. The van der Waals surface area contributed by atoms with E-state index in [-0.39, 0.29) is 0 Å². The van der Waals surface area contributed by atoms with Crippen LogP contribution in [0.2, 0.25) is 0 Å². The van der Waals surface area contributed by atoms with Gasteiger partial charge in [-0.15, -0.1) is 0 Å². The van der Waals surface area contributed by atoms with E-state index in [1.807, 2.05) is 0 Å².